The molecule has 0 aromatic heterocycles. The van der Waals surface area contributed by atoms with Crippen molar-refractivity contribution in [3.05, 3.63) is 47.5 Å². The SMILES string of the molecule is CC=C(C)C1(O)CC2CCCC(C1)N2Cc1ccccc1. The topological polar surface area (TPSA) is 23.5 Å². The van der Waals surface area contributed by atoms with E-state index in [1.54, 1.807) is 0 Å². The van der Waals surface area contributed by atoms with Gasteiger partial charge in [0.2, 0.25) is 0 Å². The van der Waals surface area contributed by atoms with E-state index in [0.717, 1.165) is 25.0 Å². The lowest BCUT2D eigenvalue weighted by Crippen LogP contribution is -2.57. The van der Waals surface area contributed by atoms with Crippen molar-refractivity contribution in [3.8, 4) is 0 Å². The maximum Gasteiger partial charge on any atom is 0.0883 e. The fourth-order valence-electron chi connectivity index (χ4n) is 4.16. The molecule has 3 rings (SSSR count). The molecule has 2 aliphatic rings. The molecule has 114 valence electrons. The highest BCUT2D eigenvalue weighted by Crippen LogP contribution is 2.42. The van der Waals surface area contributed by atoms with Gasteiger partial charge in [-0.05, 0) is 50.7 Å². The van der Waals surface area contributed by atoms with Gasteiger partial charge >= 0.3 is 0 Å². The Labute approximate surface area is 128 Å². The average Bonchev–Trinajstić information content (AvgIpc) is 2.48. The lowest BCUT2D eigenvalue weighted by Gasteiger charge is -2.52. The Bertz CT molecular complexity index is 494. The molecule has 0 amide bonds. The van der Waals surface area contributed by atoms with Gasteiger partial charge in [0.15, 0.2) is 0 Å². The molecule has 2 aliphatic heterocycles. The van der Waals surface area contributed by atoms with E-state index >= 15 is 0 Å². The second-order valence-corrected chi connectivity index (χ2v) is 6.81. The standard InChI is InChI=1S/C19H27NO/c1-3-15(2)19(21)12-17-10-7-11-18(13-19)20(17)14-16-8-5-4-6-9-16/h3-6,8-9,17-18,21H,7,10-14H2,1-2H3. The number of allylic oxidation sites excluding steroid dienone is 1. The molecule has 1 aromatic carbocycles. The molecule has 2 unspecified atom stereocenters. The van der Waals surface area contributed by atoms with Crippen LogP contribution in [0.3, 0.4) is 0 Å². The predicted molar refractivity (Wildman–Crippen MR) is 87.0 cm³/mol. The van der Waals surface area contributed by atoms with Gasteiger partial charge in [-0.15, -0.1) is 0 Å². The summed E-state index contributed by atoms with van der Waals surface area (Å²) in [5, 5.41) is 11.0. The molecule has 0 aliphatic carbocycles. The number of hydrogen-bond acceptors (Lipinski definition) is 2. The molecule has 21 heavy (non-hydrogen) atoms. The van der Waals surface area contributed by atoms with Gasteiger partial charge in [0.1, 0.15) is 0 Å². The van der Waals surface area contributed by atoms with Crippen LogP contribution < -0.4 is 0 Å². The molecule has 0 saturated carbocycles. The van der Waals surface area contributed by atoms with Gasteiger partial charge in [-0.2, -0.15) is 0 Å². The van der Waals surface area contributed by atoms with Crippen LogP contribution in [0.2, 0.25) is 0 Å². The van der Waals surface area contributed by atoms with Crippen molar-refractivity contribution in [2.75, 3.05) is 0 Å². The molecule has 2 saturated heterocycles. The highest BCUT2D eigenvalue weighted by atomic mass is 16.3. The zero-order valence-electron chi connectivity index (χ0n) is 13.3. The third kappa shape index (κ3) is 2.93. The van der Waals surface area contributed by atoms with Gasteiger partial charge in [0.05, 0.1) is 5.60 Å². The van der Waals surface area contributed by atoms with Crippen molar-refractivity contribution >= 4 is 0 Å². The van der Waals surface area contributed by atoms with Gasteiger partial charge in [0.25, 0.3) is 0 Å². The summed E-state index contributed by atoms with van der Waals surface area (Å²) < 4.78 is 0. The van der Waals surface area contributed by atoms with Crippen molar-refractivity contribution in [1.29, 1.82) is 0 Å². The molecule has 1 aromatic rings. The number of aliphatic hydroxyl groups is 1. The Hall–Kier alpha value is -1.12. The minimum Gasteiger partial charge on any atom is -0.385 e. The summed E-state index contributed by atoms with van der Waals surface area (Å²) in [6.07, 6.45) is 7.64. The van der Waals surface area contributed by atoms with E-state index in [0.29, 0.717) is 12.1 Å². The molecular weight excluding hydrogens is 258 g/mol. The van der Waals surface area contributed by atoms with Gasteiger partial charge in [-0.25, -0.2) is 0 Å². The van der Waals surface area contributed by atoms with E-state index < -0.39 is 5.60 Å². The highest BCUT2D eigenvalue weighted by molar-refractivity contribution is 5.20. The van der Waals surface area contributed by atoms with Crippen molar-refractivity contribution in [1.82, 2.24) is 4.90 Å². The van der Waals surface area contributed by atoms with Gasteiger partial charge in [-0.3, -0.25) is 4.90 Å². The second kappa shape index (κ2) is 5.94. The Morgan fingerprint density at radius 1 is 1.24 bits per heavy atom. The summed E-state index contributed by atoms with van der Waals surface area (Å²) in [5.74, 6) is 0. The summed E-state index contributed by atoms with van der Waals surface area (Å²) in [6, 6.07) is 11.8. The fraction of sp³-hybridized carbons (Fsp3) is 0.579. The van der Waals surface area contributed by atoms with E-state index in [1.807, 2.05) is 6.92 Å². The first-order chi connectivity index (χ1) is 10.1. The minimum atomic E-state index is -0.572. The average molecular weight is 285 g/mol. The van der Waals surface area contributed by atoms with Crippen LogP contribution in [0.15, 0.2) is 42.0 Å². The monoisotopic (exact) mass is 285 g/mol. The molecule has 2 heteroatoms. The Morgan fingerprint density at radius 2 is 1.86 bits per heavy atom. The van der Waals surface area contributed by atoms with Crippen LogP contribution >= 0.6 is 0 Å². The maximum atomic E-state index is 11.0. The first kappa shape index (κ1) is 14.8. The molecule has 2 bridgehead atoms. The minimum absolute atomic E-state index is 0.526. The van der Waals surface area contributed by atoms with Crippen molar-refractivity contribution in [3.63, 3.8) is 0 Å². The largest absolute Gasteiger partial charge is 0.385 e. The third-order valence-electron chi connectivity index (χ3n) is 5.53. The molecule has 0 spiro atoms. The van der Waals surface area contributed by atoms with Crippen LogP contribution in [-0.4, -0.2) is 27.7 Å². The first-order valence-corrected chi connectivity index (χ1v) is 8.28. The summed E-state index contributed by atoms with van der Waals surface area (Å²) in [4.78, 5) is 2.65. The van der Waals surface area contributed by atoms with Crippen LogP contribution in [0, 0.1) is 0 Å². The number of rotatable bonds is 3. The van der Waals surface area contributed by atoms with Crippen LogP contribution in [0.4, 0.5) is 0 Å². The van der Waals surface area contributed by atoms with Crippen molar-refractivity contribution in [2.24, 2.45) is 0 Å². The Kier molecular flexibility index (Phi) is 4.19. The normalized spacial score (nSPS) is 34.0. The quantitative estimate of drug-likeness (QED) is 0.851. The smallest absolute Gasteiger partial charge is 0.0883 e. The zero-order chi connectivity index (χ0) is 14.9. The third-order valence-corrected chi connectivity index (χ3v) is 5.53. The summed E-state index contributed by atoms with van der Waals surface area (Å²) in [5.41, 5.74) is 1.97. The zero-order valence-corrected chi connectivity index (χ0v) is 13.3. The van der Waals surface area contributed by atoms with E-state index in [9.17, 15) is 5.11 Å². The lowest BCUT2D eigenvalue weighted by molar-refractivity contribution is -0.0752. The van der Waals surface area contributed by atoms with Crippen molar-refractivity contribution in [2.45, 2.75) is 70.2 Å². The number of piperidine rings is 2. The predicted octanol–water partition coefficient (Wildman–Crippen LogP) is 3.90. The summed E-state index contributed by atoms with van der Waals surface area (Å²) in [7, 11) is 0. The lowest BCUT2D eigenvalue weighted by atomic mass is 9.72. The number of fused-ring (bicyclic) bond motifs is 2. The van der Waals surface area contributed by atoms with E-state index in [2.05, 4.69) is 48.2 Å². The van der Waals surface area contributed by atoms with E-state index in [1.165, 1.54) is 24.8 Å². The molecule has 1 N–H and O–H groups in total. The molecule has 2 heterocycles. The van der Waals surface area contributed by atoms with Crippen LogP contribution in [0.5, 0.6) is 0 Å². The Balaban J connectivity index is 1.79. The fourth-order valence-corrected chi connectivity index (χ4v) is 4.16. The number of hydrogen-bond donors (Lipinski definition) is 1. The van der Waals surface area contributed by atoms with Gasteiger partial charge < -0.3 is 5.11 Å². The maximum absolute atomic E-state index is 11.0. The number of benzene rings is 1. The highest BCUT2D eigenvalue weighted by Gasteiger charge is 2.45. The summed E-state index contributed by atoms with van der Waals surface area (Å²) >= 11 is 0. The first-order valence-electron chi connectivity index (χ1n) is 8.28. The van der Waals surface area contributed by atoms with E-state index in [4.69, 9.17) is 0 Å². The van der Waals surface area contributed by atoms with Crippen molar-refractivity contribution < 1.29 is 5.11 Å². The van der Waals surface area contributed by atoms with Crippen LogP contribution in [0.25, 0.3) is 0 Å². The van der Waals surface area contributed by atoms with Crippen LogP contribution in [0.1, 0.15) is 51.5 Å². The number of nitrogens with zero attached hydrogens (tertiary/aromatic N) is 1. The van der Waals surface area contributed by atoms with E-state index in [-0.39, 0.29) is 0 Å². The van der Waals surface area contributed by atoms with Gasteiger partial charge in [-0.1, -0.05) is 42.8 Å². The molecule has 2 fully saturated rings. The molecular formula is C19H27NO. The molecule has 0 radical (unpaired) electrons. The second-order valence-electron chi connectivity index (χ2n) is 6.81. The molecule has 2 atom stereocenters. The Morgan fingerprint density at radius 3 is 2.43 bits per heavy atom. The van der Waals surface area contributed by atoms with Crippen LogP contribution in [-0.2, 0) is 6.54 Å². The summed E-state index contributed by atoms with van der Waals surface area (Å²) in [6.45, 7) is 5.16. The molecule has 2 nitrogen and oxygen atoms in total. The van der Waals surface area contributed by atoms with Gasteiger partial charge in [0, 0.05) is 18.6 Å².